The van der Waals surface area contributed by atoms with Gasteiger partial charge in [0, 0.05) is 31.2 Å². The monoisotopic (exact) mass is 394 g/mol. The van der Waals surface area contributed by atoms with Crippen molar-refractivity contribution in [2.24, 2.45) is 0 Å². The molecule has 0 radical (unpaired) electrons. The van der Waals surface area contributed by atoms with E-state index in [9.17, 15) is 14.4 Å². The second kappa shape index (κ2) is 8.22. The molecule has 2 N–H and O–H groups in total. The van der Waals surface area contributed by atoms with Crippen LogP contribution in [0.15, 0.2) is 59.3 Å². The van der Waals surface area contributed by atoms with E-state index >= 15 is 0 Å². The van der Waals surface area contributed by atoms with Gasteiger partial charge in [0.2, 0.25) is 5.91 Å². The van der Waals surface area contributed by atoms with Gasteiger partial charge in [0.1, 0.15) is 11.8 Å². The van der Waals surface area contributed by atoms with Gasteiger partial charge in [-0.2, -0.15) is 0 Å². The van der Waals surface area contributed by atoms with Crippen LogP contribution in [0.5, 0.6) is 0 Å². The van der Waals surface area contributed by atoms with Gasteiger partial charge in [0.25, 0.3) is 5.91 Å². The van der Waals surface area contributed by atoms with E-state index < -0.39 is 12.1 Å². The van der Waals surface area contributed by atoms with Crippen molar-refractivity contribution in [3.8, 4) is 0 Å². The van der Waals surface area contributed by atoms with Gasteiger partial charge in [0.15, 0.2) is 0 Å². The molecule has 8 nitrogen and oxygen atoms in total. The number of imide groups is 1. The van der Waals surface area contributed by atoms with Gasteiger partial charge < -0.3 is 19.6 Å². The van der Waals surface area contributed by atoms with E-state index in [1.54, 1.807) is 12.1 Å². The summed E-state index contributed by atoms with van der Waals surface area (Å²) in [7, 11) is 0. The maximum absolute atomic E-state index is 12.4. The quantitative estimate of drug-likeness (QED) is 0.573. The molecule has 0 saturated carbocycles. The second-order valence-electron chi connectivity index (χ2n) is 6.96. The summed E-state index contributed by atoms with van der Waals surface area (Å²) in [6, 6.07) is 12.4. The van der Waals surface area contributed by atoms with E-state index in [0.29, 0.717) is 18.8 Å². The lowest BCUT2D eigenvalue weighted by atomic mass is 10.1. The Balaban J connectivity index is 1.22. The number of rotatable bonds is 8. The Hall–Kier alpha value is -3.55. The van der Waals surface area contributed by atoms with Gasteiger partial charge in [0.05, 0.1) is 12.8 Å². The number of benzene rings is 1. The zero-order valence-electron chi connectivity index (χ0n) is 15.8. The molecular formula is C21H22N4O4. The van der Waals surface area contributed by atoms with E-state index in [4.69, 9.17) is 4.42 Å². The van der Waals surface area contributed by atoms with E-state index in [1.807, 2.05) is 36.5 Å². The Bertz CT molecular complexity index is 1020. The van der Waals surface area contributed by atoms with Crippen molar-refractivity contribution in [1.82, 2.24) is 20.1 Å². The van der Waals surface area contributed by atoms with Crippen molar-refractivity contribution < 1.29 is 18.8 Å². The fourth-order valence-corrected chi connectivity index (χ4v) is 3.50. The third-order valence-electron chi connectivity index (χ3n) is 5.02. The Morgan fingerprint density at radius 3 is 2.83 bits per heavy atom. The SMILES string of the molecule is O=C(CCC1NC(=O)N(Cc2ccco2)C1=O)NCCn1ccc2ccccc21. The normalized spacial score (nSPS) is 16.4. The summed E-state index contributed by atoms with van der Waals surface area (Å²) in [6.07, 6.45) is 3.92. The molecular weight excluding hydrogens is 372 g/mol. The third-order valence-corrected chi connectivity index (χ3v) is 5.02. The van der Waals surface area contributed by atoms with Crippen LogP contribution in [0, 0.1) is 0 Å². The number of aromatic nitrogens is 1. The predicted octanol–water partition coefficient (Wildman–Crippen LogP) is 2.25. The first-order valence-corrected chi connectivity index (χ1v) is 9.56. The largest absolute Gasteiger partial charge is 0.467 e. The Morgan fingerprint density at radius 1 is 1.14 bits per heavy atom. The number of carbonyl (C=O) groups excluding carboxylic acids is 3. The highest BCUT2D eigenvalue weighted by atomic mass is 16.3. The van der Waals surface area contributed by atoms with Gasteiger partial charge >= 0.3 is 6.03 Å². The molecule has 150 valence electrons. The fraction of sp³-hybridized carbons (Fsp3) is 0.286. The molecule has 1 fully saturated rings. The highest BCUT2D eigenvalue weighted by Crippen LogP contribution is 2.16. The van der Waals surface area contributed by atoms with Crippen LogP contribution in [-0.2, 0) is 22.7 Å². The van der Waals surface area contributed by atoms with Gasteiger partial charge in [-0.3, -0.25) is 14.5 Å². The fourth-order valence-electron chi connectivity index (χ4n) is 3.50. The first-order chi connectivity index (χ1) is 14.1. The summed E-state index contributed by atoms with van der Waals surface area (Å²) in [5, 5.41) is 6.66. The van der Waals surface area contributed by atoms with E-state index in [0.717, 1.165) is 15.8 Å². The summed E-state index contributed by atoms with van der Waals surface area (Å²) < 4.78 is 7.27. The highest BCUT2D eigenvalue weighted by molar-refractivity contribution is 6.04. The Morgan fingerprint density at radius 2 is 2.00 bits per heavy atom. The lowest BCUT2D eigenvalue weighted by Crippen LogP contribution is -2.33. The number of amides is 4. The van der Waals surface area contributed by atoms with Crippen molar-refractivity contribution >= 4 is 28.7 Å². The zero-order chi connectivity index (χ0) is 20.2. The Labute approximate surface area is 167 Å². The second-order valence-corrected chi connectivity index (χ2v) is 6.96. The lowest BCUT2D eigenvalue weighted by Gasteiger charge is -2.11. The Kier molecular flexibility index (Phi) is 5.33. The minimum Gasteiger partial charge on any atom is -0.467 e. The van der Waals surface area contributed by atoms with Crippen molar-refractivity contribution in [3.63, 3.8) is 0 Å². The highest BCUT2D eigenvalue weighted by Gasteiger charge is 2.38. The predicted molar refractivity (Wildman–Crippen MR) is 106 cm³/mol. The molecule has 2 aromatic heterocycles. The van der Waals surface area contributed by atoms with Crippen molar-refractivity contribution in [2.45, 2.75) is 32.0 Å². The van der Waals surface area contributed by atoms with Gasteiger partial charge in [-0.25, -0.2) is 4.79 Å². The summed E-state index contributed by atoms with van der Waals surface area (Å²) in [5.41, 5.74) is 1.12. The van der Waals surface area contributed by atoms with Gasteiger partial charge in [-0.15, -0.1) is 0 Å². The molecule has 1 aliphatic rings. The lowest BCUT2D eigenvalue weighted by molar-refractivity contribution is -0.128. The number of carbonyl (C=O) groups is 3. The molecule has 4 amide bonds. The zero-order valence-corrected chi connectivity index (χ0v) is 15.8. The molecule has 1 aromatic carbocycles. The number of furan rings is 1. The average Bonchev–Trinajstić information content (AvgIpc) is 3.44. The topological polar surface area (TPSA) is 96.6 Å². The standard InChI is InChI=1S/C21H22N4O4/c26-19(22-10-12-24-11-9-15-4-1-2-6-18(15)24)8-7-17-20(27)25(21(28)23-17)14-16-5-3-13-29-16/h1-6,9,11,13,17H,7-8,10,12,14H2,(H,22,26)(H,23,28). The van der Waals surface area contributed by atoms with Gasteiger partial charge in [-0.05, 0) is 36.1 Å². The molecule has 4 rings (SSSR count). The van der Waals surface area contributed by atoms with Crippen LogP contribution >= 0.6 is 0 Å². The van der Waals surface area contributed by atoms with Crippen LogP contribution in [0.2, 0.25) is 0 Å². The summed E-state index contributed by atoms with van der Waals surface area (Å²) >= 11 is 0. The molecule has 1 atom stereocenters. The van der Waals surface area contributed by atoms with Crippen molar-refractivity contribution in [1.29, 1.82) is 0 Å². The van der Waals surface area contributed by atoms with Crippen LogP contribution in [0.4, 0.5) is 4.79 Å². The molecule has 0 bridgehead atoms. The maximum Gasteiger partial charge on any atom is 0.325 e. The molecule has 3 aromatic rings. The van der Waals surface area contributed by atoms with Crippen LogP contribution in [0.1, 0.15) is 18.6 Å². The minimum atomic E-state index is -0.684. The number of hydrogen-bond donors (Lipinski definition) is 2. The number of para-hydroxylation sites is 1. The average molecular weight is 394 g/mol. The smallest absolute Gasteiger partial charge is 0.325 e. The molecule has 8 heteroatoms. The summed E-state index contributed by atoms with van der Waals surface area (Å²) in [6.45, 7) is 1.24. The molecule has 29 heavy (non-hydrogen) atoms. The van der Waals surface area contributed by atoms with E-state index in [-0.39, 0.29) is 31.2 Å². The molecule has 1 aliphatic heterocycles. The first kappa shape index (κ1) is 18.8. The number of hydrogen-bond acceptors (Lipinski definition) is 4. The summed E-state index contributed by atoms with van der Waals surface area (Å²) in [4.78, 5) is 37.7. The van der Waals surface area contributed by atoms with Crippen LogP contribution < -0.4 is 10.6 Å². The minimum absolute atomic E-state index is 0.0885. The van der Waals surface area contributed by atoms with Crippen LogP contribution in [-0.4, -0.2) is 39.9 Å². The van der Waals surface area contributed by atoms with Crippen molar-refractivity contribution in [3.05, 3.63) is 60.7 Å². The molecule has 0 aliphatic carbocycles. The van der Waals surface area contributed by atoms with E-state index in [1.165, 1.54) is 6.26 Å². The number of fused-ring (bicyclic) bond motifs is 1. The van der Waals surface area contributed by atoms with E-state index in [2.05, 4.69) is 15.2 Å². The van der Waals surface area contributed by atoms with Crippen LogP contribution in [0.3, 0.4) is 0 Å². The molecule has 1 saturated heterocycles. The molecule has 0 spiro atoms. The number of nitrogens with zero attached hydrogens (tertiary/aromatic N) is 2. The third kappa shape index (κ3) is 4.16. The maximum atomic E-state index is 12.4. The first-order valence-electron chi connectivity index (χ1n) is 9.56. The molecule has 1 unspecified atom stereocenters. The van der Waals surface area contributed by atoms with Crippen LogP contribution in [0.25, 0.3) is 10.9 Å². The van der Waals surface area contributed by atoms with Crippen molar-refractivity contribution in [2.75, 3.05) is 6.54 Å². The van der Waals surface area contributed by atoms with Gasteiger partial charge in [-0.1, -0.05) is 18.2 Å². The number of nitrogens with one attached hydrogen (secondary N) is 2. The summed E-state index contributed by atoms with van der Waals surface area (Å²) in [5.74, 6) is 0.0513. The number of urea groups is 1. The molecule has 3 heterocycles.